The zero-order valence-electron chi connectivity index (χ0n) is 35.3. The summed E-state index contributed by atoms with van der Waals surface area (Å²) in [5.74, 6) is -1.53. The Kier molecular flexibility index (Phi) is 15.9. The summed E-state index contributed by atoms with van der Waals surface area (Å²) in [6.45, 7) is 6.57. The number of non-ortho nitro benzene ring substituents is 2. The Bertz CT molecular complexity index is 2360. The van der Waals surface area contributed by atoms with Crippen LogP contribution in [0.3, 0.4) is 0 Å². The third kappa shape index (κ3) is 10.9. The van der Waals surface area contributed by atoms with Crippen LogP contribution < -0.4 is 0 Å². The van der Waals surface area contributed by atoms with Gasteiger partial charge >= 0.3 is 11.9 Å². The van der Waals surface area contributed by atoms with Gasteiger partial charge in [0.1, 0.15) is 12.1 Å². The van der Waals surface area contributed by atoms with Gasteiger partial charge in [-0.1, -0.05) is 92.5 Å². The first kappa shape index (κ1) is 50.3. The minimum absolute atomic E-state index is 0.115. The molecule has 0 aromatic heterocycles. The summed E-state index contributed by atoms with van der Waals surface area (Å²) in [7, 11) is -6.13. The maximum absolute atomic E-state index is 13.6. The third-order valence-corrected chi connectivity index (χ3v) is 15.6. The van der Waals surface area contributed by atoms with Crippen LogP contribution in [0.15, 0.2) is 119 Å². The van der Waals surface area contributed by atoms with Gasteiger partial charge in [0.25, 0.3) is 11.4 Å². The van der Waals surface area contributed by atoms with E-state index >= 15 is 0 Å². The largest absolute Gasteiger partial charge is 0.468 e. The molecule has 64 heavy (non-hydrogen) atoms. The lowest BCUT2D eigenvalue weighted by atomic mass is 9.97. The fourth-order valence-electron chi connectivity index (χ4n) is 7.49. The molecule has 0 bridgehead atoms. The molecule has 0 aliphatic carbocycles. The number of sulfonamides is 2. The number of nitro groups is 2. The van der Waals surface area contributed by atoms with Crippen LogP contribution in [0.25, 0.3) is 0 Å². The van der Waals surface area contributed by atoms with Gasteiger partial charge in [0.15, 0.2) is 0 Å². The van der Waals surface area contributed by atoms with Gasteiger partial charge in [-0.25, -0.2) is 16.8 Å². The van der Waals surface area contributed by atoms with Crippen LogP contribution in [0, 0.1) is 20.2 Å². The molecule has 0 unspecified atom stereocenters. The second-order valence-electron chi connectivity index (χ2n) is 15.4. The predicted octanol–water partition coefficient (Wildman–Crippen LogP) is 6.88. The lowest BCUT2D eigenvalue weighted by molar-refractivity contribution is -0.385. The number of esters is 2. The van der Waals surface area contributed by atoms with Crippen molar-refractivity contribution in [2.75, 3.05) is 27.3 Å². The number of carbonyl (C=O) groups excluding carboxylic acids is 2. The standard InChI is InChI=1S/2C21H23BrN2O7S/c2*1-14-18(20(25)30-3)23(32(28,29)17-11-9-16(10-12-17)24(26)27)13-21(2,22)19(31-14)15-7-5-4-6-8-15/h2*4-12,14,18-19H,13H2,1-3H3/t2*14-,18+,19+,21-/m11/s1. The molecular weight excluding hydrogens is 1010 g/mol. The molecule has 0 spiro atoms. The number of ether oxygens (including phenoxy) is 4. The molecule has 18 nitrogen and oxygen atoms in total. The van der Waals surface area contributed by atoms with Crippen molar-refractivity contribution in [3.8, 4) is 0 Å². The number of carbonyl (C=O) groups is 2. The number of nitro benzene ring substituents is 2. The summed E-state index contributed by atoms with van der Waals surface area (Å²) >= 11 is 7.27. The molecule has 344 valence electrons. The lowest BCUT2D eigenvalue weighted by Gasteiger charge is -2.33. The third-order valence-electron chi connectivity index (χ3n) is 10.6. The number of nitrogens with zero attached hydrogens (tertiary/aromatic N) is 4. The van der Waals surface area contributed by atoms with Crippen molar-refractivity contribution >= 4 is 75.2 Å². The first-order valence-electron chi connectivity index (χ1n) is 19.4. The van der Waals surface area contributed by atoms with Crippen molar-refractivity contribution in [1.82, 2.24) is 8.61 Å². The van der Waals surface area contributed by atoms with Gasteiger partial charge in [0.2, 0.25) is 20.0 Å². The molecule has 0 N–H and O–H groups in total. The summed E-state index contributed by atoms with van der Waals surface area (Å²) in [6, 6.07) is 25.1. The summed E-state index contributed by atoms with van der Waals surface area (Å²) < 4.78 is 76.9. The molecule has 6 rings (SSSR count). The minimum Gasteiger partial charge on any atom is -0.468 e. The molecule has 8 atom stereocenters. The summed E-state index contributed by atoms with van der Waals surface area (Å²) in [6.07, 6.45) is -2.83. The lowest BCUT2D eigenvalue weighted by Crippen LogP contribution is -2.52. The number of halogens is 2. The van der Waals surface area contributed by atoms with E-state index < -0.39 is 87.0 Å². The Morgan fingerprint density at radius 2 is 0.906 bits per heavy atom. The molecule has 22 heteroatoms. The Balaban J connectivity index is 0.000000241. The van der Waals surface area contributed by atoms with Crippen LogP contribution in [-0.2, 0) is 48.6 Å². The van der Waals surface area contributed by atoms with Crippen molar-refractivity contribution in [2.45, 2.75) is 82.6 Å². The molecule has 0 radical (unpaired) electrons. The van der Waals surface area contributed by atoms with Gasteiger partial charge in [0, 0.05) is 37.4 Å². The zero-order valence-corrected chi connectivity index (χ0v) is 40.2. The first-order valence-corrected chi connectivity index (χ1v) is 23.9. The van der Waals surface area contributed by atoms with Gasteiger partial charge in [-0.2, -0.15) is 8.61 Å². The van der Waals surface area contributed by atoms with Gasteiger partial charge in [-0.15, -0.1) is 0 Å². The smallest absolute Gasteiger partial charge is 0.326 e. The van der Waals surface area contributed by atoms with Crippen molar-refractivity contribution in [2.24, 2.45) is 0 Å². The number of hydrogen-bond donors (Lipinski definition) is 0. The first-order chi connectivity index (χ1) is 30.0. The molecule has 4 aromatic rings. The summed E-state index contributed by atoms with van der Waals surface area (Å²) in [4.78, 5) is 45.7. The topological polar surface area (TPSA) is 232 Å². The monoisotopic (exact) mass is 1050 g/mol. The molecule has 0 amide bonds. The minimum atomic E-state index is -4.24. The van der Waals surface area contributed by atoms with E-state index in [0.717, 1.165) is 68.3 Å². The summed E-state index contributed by atoms with van der Waals surface area (Å²) in [5.41, 5.74) is 1.15. The van der Waals surface area contributed by atoms with Crippen molar-refractivity contribution < 1.29 is 55.2 Å². The number of benzene rings is 4. The van der Waals surface area contributed by atoms with Crippen LogP contribution in [0.1, 0.15) is 51.0 Å². The average molecular weight is 1050 g/mol. The molecule has 2 saturated heterocycles. The van der Waals surface area contributed by atoms with E-state index in [1.54, 1.807) is 27.7 Å². The van der Waals surface area contributed by atoms with Crippen LogP contribution in [0.2, 0.25) is 0 Å². The van der Waals surface area contributed by atoms with E-state index in [2.05, 4.69) is 31.9 Å². The predicted molar refractivity (Wildman–Crippen MR) is 240 cm³/mol. The highest BCUT2D eigenvalue weighted by molar-refractivity contribution is 9.10. The molecule has 4 aromatic carbocycles. The van der Waals surface area contributed by atoms with E-state index in [1.807, 2.05) is 60.7 Å². The Labute approximate surface area is 387 Å². The van der Waals surface area contributed by atoms with E-state index in [9.17, 15) is 46.7 Å². The molecule has 2 fully saturated rings. The number of methoxy groups -OCH3 is 2. The highest BCUT2D eigenvalue weighted by Gasteiger charge is 2.52. The fourth-order valence-corrected chi connectivity index (χ4v) is 12.6. The van der Waals surface area contributed by atoms with Crippen LogP contribution >= 0.6 is 31.9 Å². The summed E-state index contributed by atoms with van der Waals surface area (Å²) in [5, 5.41) is 21.9. The van der Waals surface area contributed by atoms with E-state index in [4.69, 9.17) is 18.9 Å². The maximum Gasteiger partial charge on any atom is 0.326 e. The van der Waals surface area contributed by atoms with Gasteiger partial charge in [-0.3, -0.25) is 29.8 Å². The highest BCUT2D eigenvalue weighted by atomic mass is 79.9. The normalized spacial score (nSPS) is 26.8. The van der Waals surface area contributed by atoms with Gasteiger partial charge in [0.05, 0.1) is 66.9 Å². The van der Waals surface area contributed by atoms with Crippen molar-refractivity contribution in [1.29, 1.82) is 0 Å². The zero-order chi connectivity index (χ0) is 47.4. The van der Waals surface area contributed by atoms with Crippen LogP contribution in [0.5, 0.6) is 0 Å². The van der Waals surface area contributed by atoms with Crippen molar-refractivity contribution in [3.05, 3.63) is 141 Å². The molecule has 2 heterocycles. The SMILES string of the molecule is COC(=O)[C@@H]1[C@@H](C)O[C@@H](c2ccccc2)[C@](C)(Br)CN1S(=O)(=O)c1ccc([N+](=O)[O-])cc1.COC(=O)[C@@H]1[C@@H](C)O[C@@H](c2ccccc2)[C@](C)(Br)CN1S(=O)(=O)c1ccc([N+](=O)[O-])cc1. The molecule has 2 aliphatic rings. The molecule has 0 saturated carbocycles. The molecular formula is C42H46Br2N4O14S2. The van der Waals surface area contributed by atoms with Gasteiger partial charge in [-0.05, 0) is 63.1 Å². The van der Waals surface area contributed by atoms with E-state index in [-0.39, 0.29) is 34.3 Å². The number of hydrogen-bond acceptors (Lipinski definition) is 14. The van der Waals surface area contributed by atoms with Crippen LogP contribution in [-0.4, -0.2) is 107 Å². The average Bonchev–Trinajstić information content (AvgIpc) is 3.45. The maximum atomic E-state index is 13.6. The number of rotatable bonds is 10. The van der Waals surface area contributed by atoms with E-state index in [0.29, 0.717) is 0 Å². The van der Waals surface area contributed by atoms with Gasteiger partial charge < -0.3 is 18.9 Å². The second-order valence-corrected chi connectivity index (χ2v) is 22.8. The van der Waals surface area contributed by atoms with Crippen LogP contribution in [0.4, 0.5) is 11.4 Å². The Morgan fingerprint density at radius 1 is 0.609 bits per heavy atom. The Hall–Kier alpha value is -4.68. The highest BCUT2D eigenvalue weighted by Crippen LogP contribution is 2.45. The van der Waals surface area contributed by atoms with Crippen molar-refractivity contribution in [3.63, 3.8) is 0 Å². The quantitative estimate of drug-likeness (QED) is 0.0682. The molecule has 2 aliphatic heterocycles. The van der Waals surface area contributed by atoms with E-state index in [1.165, 1.54) is 14.2 Å². The fraction of sp³-hybridized carbons (Fsp3) is 0.381. The number of alkyl halides is 2. The second kappa shape index (κ2) is 20.2. The Morgan fingerprint density at radius 3 is 1.17 bits per heavy atom.